The molecule has 1 aliphatic heterocycles. The van der Waals surface area contributed by atoms with Gasteiger partial charge in [-0.1, -0.05) is 19.9 Å². The molecule has 2 aliphatic rings. The van der Waals surface area contributed by atoms with Crippen molar-refractivity contribution in [2.24, 2.45) is 16.8 Å². The van der Waals surface area contributed by atoms with E-state index in [1.165, 1.54) is 0 Å². The van der Waals surface area contributed by atoms with Gasteiger partial charge in [0.15, 0.2) is 0 Å². The third-order valence-corrected chi connectivity index (χ3v) is 4.18. The summed E-state index contributed by atoms with van der Waals surface area (Å²) >= 11 is 0. The Morgan fingerprint density at radius 1 is 1.24 bits per heavy atom. The highest BCUT2D eigenvalue weighted by Crippen LogP contribution is 2.31. The van der Waals surface area contributed by atoms with Crippen molar-refractivity contribution >= 4 is 17.5 Å². The van der Waals surface area contributed by atoms with Crippen LogP contribution in [0.4, 0.5) is 0 Å². The lowest BCUT2D eigenvalue weighted by Crippen LogP contribution is -2.34. The number of benzene rings is 1. The quantitative estimate of drug-likeness (QED) is 0.904. The van der Waals surface area contributed by atoms with E-state index in [1.54, 1.807) is 42.5 Å². The van der Waals surface area contributed by atoms with Crippen LogP contribution in [0.5, 0.6) is 0 Å². The van der Waals surface area contributed by atoms with Crippen LogP contribution in [0.3, 0.4) is 0 Å². The third-order valence-electron chi connectivity index (χ3n) is 4.18. The van der Waals surface area contributed by atoms with E-state index in [2.05, 4.69) is 10.3 Å². The van der Waals surface area contributed by atoms with E-state index in [0.29, 0.717) is 16.8 Å². The molecule has 2 amide bonds. The third kappa shape index (κ3) is 3.48. The predicted molar refractivity (Wildman–Crippen MR) is 94.7 cm³/mol. The number of hydrogen-bond donors (Lipinski definition) is 1. The normalized spacial score (nSPS) is 20.5. The maximum Gasteiger partial charge on any atom is 0.277 e. The molecule has 1 aromatic rings. The molecule has 0 saturated carbocycles. The fourth-order valence-electron chi connectivity index (χ4n) is 2.88. The van der Waals surface area contributed by atoms with E-state index in [0.717, 1.165) is 11.3 Å². The zero-order chi connectivity index (χ0) is 18.0. The first-order valence-corrected chi connectivity index (χ1v) is 8.03. The number of fused-ring (bicyclic) bond motifs is 1. The van der Waals surface area contributed by atoms with Crippen LogP contribution in [0.2, 0.25) is 0 Å². The first-order valence-electron chi connectivity index (χ1n) is 8.03. The molecule has 1 aliphatic carbocycles. The maximum absolute atomic E-state index is 12.3. The lowest BCUT2D eigenvalue weighted by molar-refractivity contribution is -0.116. The Balaban J connectivity index is 1.86. The number of nitrogens with one attached hydrogen (secondary N) is 1. The van der Waals surface area contributed by atoms with Crippen molar-refractivity contribution < 1.29 is 9.59 Å². The molecule has 1 N–H and O–H groups in total. The summed E-state index contributed by atoms with van der Waals surface area (Å²) in [5.74, 6) is -0.273. The second-order valence-corrected chi connectivity index (χ2v) is 6.26. The fraction of sp³-hybridized carbons (Fsp3) is 0.200. The summed E-state index contributed by atoms with van der Waals surface area (Å²) in [7, 11) is 0. The minimum atomic E-state index is -0.388. The second kappa shape index (κ2) is 6.70. The smallest absolute Gasteiger partial charge is 0.277 e. The Kier molecular flexibility index (Phi) is 4.44. The molecule has 1 aromatic carbocycles. The number of carbonyl (C=O) groups is 2. The Labute approximate surface area is 146 Å². The van der Waals surface area contributed by atoms with E-state index in [9.17, 15) is 9.59 Å². The second-order valence-electron chi connectivity index (χ2n) is 6.26. The molecule has 0 aromatic heterocycles. The zero-order valence-corrected chi connectivity index (χ0v) is 14.0. The molecule has 5 heteroatoms. The maximum atomic E-state index is 12.3. The molecule has 0 fully saturated rings. The largest absolute Gasteiger partial charge is 0.325 e. The van der Waals surface area contributed by atoms with Gasteiger partial charge in [-0.15, -0.1) is 0 Å². The van der Waals surface area contributed by atoms with Crippen molar-refractivity contribution in [2.75, 3.05) is 0 Å². The van der Waals surface area contributed by atoms with Crippen LogP contribution >= 0.6 is 0 Å². The molecule has 1 atom stereocenters. The fourth-order valence-corrected chi connectivity index (χ4v) is 2.88. The summed E-state index contributed by atoms with van der Waals surface area (Å²) in [5.41, 5.74) is 3.18. The van der Waals surface area contributed by atoms with Crippen LogP contribution in [0.15, 0.2) is 64.8 Å². The summed E-state index contributed by atoms with van der Waals surface area (Å²) in [6.07, 6.45) is 7.12. The standard InChI is InChI=1S/C20H17N3O2/c1-12(2)17-10-19(24)23-18-9-15(7-8-16(17)18)22-20(25)14-5-3-13(11-21)4-6-14/h3-10,12,16H,1-2H3,(H,23,24). The monoisotopic (exact) mass is 331 g/mol. The molecule has 5 nitrogen and oxygen atoms in total. The van der Waals surface area contributed by atoms with Crippen LogP contribution in [0.1, 0.15) is 29.8 Å². The lowest BCUT2D eigenvalue weighted by Gasteiger charge is -2.29. The Bertz CT molecular complexity index is 894. The van der Waals surface area contributed by atoms with Gasteiger partial charge in [0.25, 0.3) is 5.91 Å². The molecule has 0 bridgehead atoms. The van der Waals surface area contributed by atoms with Crippen molar-refractivity contribution in [3.05, 3.63) is 71.0 Å². The number of aliphatic imine (C=N–C) groups is 1. The highest BCUT2D eigenvalue weighted by molar-refractivity contribution is 6.14. The average molecular weight is 331 g/mol. The van der Waals surface area contributed by atoms with E-state index in [1.807, 2.05) is 26.0 Å². The van der Waals surface area contributed by atoms with Gasteiger partial charge in [0.05, 0.1) is 17.3 Å². The molecule has 0 radical (unpaired) electrons. The number of carbonyl (C=O) groups excluding carboxylic acids is 2. The minimum absolute atomic E-state index is 0.0154. The van der Waals surface area contributed by atoms with Crippen molar-refractivity contribution in [1.82, 2.24) is 5.32 Å². The lowest BCUT2D eigenvalue weighted by atomic mass is 9.82. The number of allylic oxidation sites excluding steroid dienone is 3. The van der Waals surface area contributed by atoms with Crippen molar-refractivity contribution in [3.63, 3.8) is 0 Å². The summed E-state index contributed by atoms with van der Waals surface area (Å²) in [6.45, 7) is 4.10. The van der Waals surface area contributed by atoms with E-state index >= 15 is 0 Å². The molecular weight excluding hydrogens is 314 g/mol. The number of hydrogen-bond acceptors (Lipinski definition) is 3. The molecule has 0 saturated heterocycles. The van der Waals surface area contributed by atoms with Gasteiger partial charge in [-0.2, -0.15) is 5.26 Å². The Morgan fingerprint density at radius 3 is 2.60 bits per heavy atom. The summed E-state index contributed by atoms with van der Waals surface area (Å²) in [4.78, 5) is 28.2. The minimum Gasteiger partial charge on any atom is -0.325 e. The summed E-state index contributed by atoms with van der Waals surface area (Å²) in [5, 5.41) is 11.6. The molecule has 124 valence electrons. The molecule has 25 heavy (non-hydrogen) atoms. The Morgan fingerprint density at radius 2 is 1.96 bits per heavy atom. The van der Waals surface area contributed by atoms with Gasteiger partial charge < -0.3 is 5.32 Å². The van der Waals surface area contributed by atoms with E-state index in [4.69, 9.17) is 5.26 Å². The molecule has 1 heterocycles. The Hall–Kier alpha value is -3.26. The topological polar surface area (TPSA) is 82.3 Å². The van der Waals surface area contributed by atoms with Gasteiger partial charge in [-0.3, -0.25) is 9.59 Å². The van der Waals surface area contributed by atoms with Crippen molar-refractivity contribution in [3.8, 4) is 6.07 Å². The first kappa shape index (κ1) is 16.6. The molecule has 1 unspecified atom stereocenters. The molecule has 0 spiro atoms. The zero-order valence-electron chi connectivity index (χ0n) is 14.0. The van der Waals surface area contributed by atoms with Crippen LogP contribution in [-0.2, 0) is 4.79 Å². The first-order chi connectivity index (χ1) is 12.0. The van der Waals surface area contributed by atoms with Crippen molar-refractivity contribution in [2.45, 2.75) is 13.8 Å². The van der Waals surface area contributed by atoms with Crippen LogP contribution in [-0.4, -0.2) is 17.5 Å². The van der Waals surface area contributed by atoms with Crippen LogP contribution < -0.4 is 5.32 Å². The SMILES string of the molecule is CC(C)C1=CC(=O)NC2=CC(=NC(=O)c3ccc(C#N)cc3)C=CC21. The summed E-state index contributed by atoms with van der Waals surface area (Å²) in [6, 6.07) is 8.33. The number of rotatable bonds is 2. The van der Waals surface area contributed by atoms with Crippen molar-refractivity contribution in [1.29, 1.82) is 5.26 Å². The summed E-state index contributed by atoms with van der Waals surface area (Å²) < 4.78 is 0. The number of nitrogens with zero attached hydrogens (tertiary/aromatic N) is 2. The number of amides is 2. The van der Waals surface area contributed by atoms with Crippen LogP contribution in [0.25, 0.3) is 0 Å². The van der Waals surface area contributed by atoms with Gasteiger partial charge in [-0.05, 0) is 47.9 Å². The number of nitriles is 1. The predicted octanol–water partition coefficient (Wildman–Crippen LogP) is 2.92. The van der Waals surface area contributed by atoms with Gasteiger partial charge >= 0.3 is 0 Å². The highest BCUT2D eigenvalue weighted by atomic mass is 16.2. The van der Waals surface area contributed by atoms with Gasteiger partial charge in [-0.25, -0.2) is 4.99 Å². The highest BCUT2D eigenvalue weighted by Gasteiger charge is 2.27. The van der Waals surface area contributed by atoms with Gasteiger partial charge in [0.1, 0.15) is 0 Å². The van der Waals surface area contributed by atoms with E-state index < -0.39 is 0 Å². The van der Waals surface area contributed by atoms with Gasteiger partial charge in [0, 0.05) is 23.3 Å². The molecule has 3 rings (SSSR count). The van der Waals surface area contributed by atoms with E-state index in [-0.39, 0.29) is 23.7 Å². The van der Waals surface area contributed by atoms with Gasteiger partial charge in [0.2, 0.25) is 5.91 Å². The average Bonchev–Trinajstić information content (AvgIpc) is 2.60. The van der Waals surface area contributed by atoms with Crippen LogP contribution in [0, 0.1) is 23.2 Å². The molecular formula is C20H17N3O2.